The summed E-state index contributed by atoms with van der Waals surface area (Å²) in [5.41, 5.74) is 7.62. The summed E-state index contributed by atoms with van der Waals surface area (Å²) in [5.74, 6) is 0. The van der Waals surface area contributed by atoms with Gasteiger partial charge >= 0.3 is 0 Å². The topological polar surface area (TPSA) is 125 Å². The van der Waals surface area contributed by atoms with Crippen molar-refractivity contribution >= 4 is 28.4 Å². The minimum Gasteiger partial charge on any atom is -0.399 e. The number of anilines is 2. The van der Waals surface area contributed by atoms with Crippen LogP contribution in [0, 0.1) is 10.1 Å². The number of aliphatic hydroxyl groups is 2. The van der Waals surface area contributed by atoms with Gasteiger partial charge in [0.05, 0.1) is 17.6 Å². The normalized spacial score (nSPS) is 20.2. The quantitative estimate of drug-likeness (QED) is 0.301. The van der Waals surface area contributed by atoms with Gasteiger partial charge in [-0.05, 0) is 48.4 Å². The largest absolute Gasteiger partial charge is 0.399 e. The van der Waals surface area contributed by atoms with Gasteiger partial charge in [0, 0.05) is 42.3 Å². The molecule has 152 valence electrons. The molecule has 0 amide bonds. The van der Waals surface area contributed by atoms with E-state index in [1.807, 2.05) is 0 Å². The molecule has 1 aliphatic rings. The summed E-state index contributed by atoms with van der Waals surface area (Å²) >= 11 is 1.61. The predicted octanol–water partition coefficient (Wildman–Crippen LogP) is 2.21. The van der Waals surface area contributed by atoms with Crippen LogP contribution in [-0.2, 0) is 13.0 Å². The molecule has 2 unspecified atom stereocenters. The van der Waals surface area contributed by atoms with E-state index in [-0.39, 0.29) is 24.4 Å². The van der Waals surface area contributed by atoms with Crippen molar-refractivity contribution in [1.29, 1.82) is 0 Å². The predicted molar refractivity (Wildman–Crippen MR) is 111 cm³/mol. The number of nitrogens with zero attached hydrogens (tertiary/aromatic N) is 2. The molecule has 1 aromatic carbocycles. The van der Waals surface area contributed by atoms with E-state index in [4.69, 9.17) is 5.73 Å². The molecule has 1 aromatic heterocycles. The van der Waals surface area contributed by atoms with E-state index in [2.05, 4.69) is 21.7 Å². The molecule has 0 spiro atoms. The zero-order valence-electron chi connectivity index (χ0n) is 15.6. The number of piperidine rings is 1. The average Bonchev–Trinajstić information content (AvgIpc) is 3.13. The Balaban J connectivity index is 1.54. The van der Waals surface area contributed by atoms with Crippen LogP contribution < -0.4 is 11.1 Å². The van der Waals surface area contributed by atoms with Gasteiger partial charge in [0.25, 0.3) is 5.69 Å². The van der Waals surface area contributed by atoms with E-state index in [0.29, 0.717) is 24.3 Å². The first-order valence-electron chi connectivity index (χ1n) is 9.33. The van der Waals surface area contributed by atoms with Crippen molar-refractivity contribution < 1.29 is 15.1 Å². The second-order valence-electron chi connectivity index (χ2n) is 7.11. The highest BCUT2D eigenvalue weighted by Crippen LogP contribution is 2.28. The Morgan fingerprint density at radius 2 is 2.21 bits per heavy atom. The van der Waals surface area contributed by atoms with E-state index in [1.165, 1.54) is 11.6 Å². The molecule has 28 heavy (non-hydrogen) atoms. The maximum Gasteiger partial charge on any atom is 0.294 e. The van der Waals surface area contributed by atoms with Crippen LogP contribution in [-0.4, -0.2) is 51.9 Å². The molecule has 1 fully saturated rings. The number of nitro groups is 1. The Morgan fingerprint density at radius 3 is 2.96 bits per heavy atom. The number of nitrogen functional groups attached to an aromatic ring is 1. The van der Waals surface area contributed by atoms with Gasteiger partial charge in [0.1, 0.15) is 5.69 Å². The van der Waals surface area contributed by atoms with Gasteiger partial charge in [-0.25, -0.2) is 0 Å². The molecule has 2 atom stereocenters. The van der Waals surface area contributed by atoms with Crippen molar-refractivity contribution in [1.82, 2.24) is 4.90 Å². The number of nitro benzene ring substituents is 1. The summed E-state index contributed by atoms with van der Waals surface area (Å²) in [7, 11) is 0. The number of likely N-dealkylation sites (tertiary alicyclic amines) is 1. The minimum atomic E-state index is -0.439. The second-order valence-corrected chi connectivity index (χ2v) is 8.10. The van der Waals surface area contributed by atoms with Crippen molar-refractivity contribution in [2.45, 2.75) is 38.0 Å². The summed E-state index contributed by atoms with van der Waals surface area (Å²) in [6.45, 7) is 2.21. The number of thiophene rings is 1. The van der Waals surface area contributed by atoms with Gasteiger partial charge in [0.15, 0.2) is 0 Å². The fourth-order valence-electron chi connectivity index (χ4n) is 3.52. The third kappa shape index (κ3) is 5.20. The van der Waals surface area contributed by atoms with Crippen molar-refractivity contribution in [2.24, 2.45) is 0 Å². The lowest BCUT2D eigenvalue weighted by atomic mass is 9.99. The van der Waals surface area contributed by atoms with Crippen LogP contribution in [0.5, 0.6) is 0 Å². The van der Waals surface area contributed by atoms with Crippen LogP contribution in [0.2, 0.25) is 0 Å². The average molecular weight is 407 g/mol. The number of hydrogen-bond donors (Lipinski definition) is 4. The van der Waals surface area contributed by atoms with Crippen molar-refractivity contribution in [3.8, 4) is 0 Å². The van der Waals surface area contributed by atoms with Gasteiger partial charge in [0.2, 0.25) is 0 Å². The minimum absolute atomic E-state index is 0.0228. The van der Waals surface area contributed by atoms with Crippen LogP contribution in [0.4, 0.5) is 17.1 Å². The second kappa shape index (κ2) is 9.33. The number of rotatable bonds is 8. The lowest BCUT2D eigenvalue weighted by Gasteiger charge is -2.36. The van der Waals surface area contributed by atoms with E-state index >= 15 is 0 Å². The van der Waals surface area contributed by atoms with Crippen LogP contribution in [0.25, 0.3) is 0 Å². The highest BCUT2D eigenvalue weighted by molar-refractivity contribution is 7.10. The highest BCUT2D eigenvalue weighted by Gasteiger charge is 2.26. The van der Waals surface area contributed by atoms with Crippen LogP contribution in [0.3, 0.4) is 0 Å². The summed E-state index contributed by atoms with van der Waals surface area (Å²) in [6.07, 6.45) is 1.92. The van der Waals surface area contributed by atoms with Gasteiger partial charge in [-0.2, -0.15) is 0 Å². The summed E-state index contributed by atoms with van der Waals surface area (Å²) < 4.78 is 0. The fraction of sp³-hybridized carbons (Fsp3) is 0.474. The monoisotopic (exact) mass is 406 g/mol. The Hall–Kier alpha value is -2.20. The molecule has 0 aliphatic carbocycles. The molecular formula is C19H26N4O4S. The van der Waals surface area contributed by atoms with Crippen molar-refractivity contribution in [3.05, 3.63) is 50.2 Å². The van der Waals surface area contributed by atoms with E-state index < -0.39 is 4.92 Å². The van der Waals surface area contributed by atoms with Crippen LogP contribution in [0.1, 0.15) is 23.3 Å². The molecule has 5 N–H and O–H groups in total. The number of benzene rings is 1. The Kier molecular flexibility index (Phi) is 6.84. The van der Waals surface area contributed by atoms with Gasteiger partial charge < -0.3 is 21.3 Å². The Morgan fingerprint density at radius 1 is 1.39 bits per heavy atom. The standard InChI is InChI=1S/C19H26N4O4S/c20-14-1-2-18(19(8-14)23(26)27)21-10-17-7-13(12-28-17)3-5-22-6-4-16(25)9-15(22)11-24/h1-2,7-8,12,15-16,21,24-25H,3-6,9-11,20H2. The molecule has 0 saturated carbocycles. The Labute approximate surface area is 167 Å². The van der Waals surface area contributed by atoms with Crippen molar-refractivity contribution in [2.75, 3.05) is 30.7 Å². The molecule has 1 saturated heterocycles. The zero-order valence-corrected chi connectivity index (χ0v) is 16.4. The summed E-state index contributed by atoms with van der Waals surface area (Å²) in [6, 6.07) is 6.75. The van der Waals surface area contributed by atoms with Gasteiger partial charge in [-0.1, -0.05) is 0 Å². The van der Waals surface area contributed by atoms with Gasteiger partial charge in [-0.3, -0.25) is 15.0 Å². The molecule has 9 heteroatoms. The van der Waals surface area contributed by atoms with Crippen LogP contribution >= 0.6 is 11.3 Å². The van der Waals surface area contributed by atoms with E-state index in [9.17, 15) is 20.3 Å². The smallest absolute Gasteiger partial charge is 0.294 e. The SMILES string of the molecule is Nc1ccc(NCc2cc(CCN3CCC(O)CC3CO)cs2)c([N+](=O)[O-])c1. The molecule has 0 bridgehead atoms. The third-order valence-electron chi connectivity index (χ3n) is 5.09. The molecule has 8 nitrogen and oxygen atoms in total. The molecule has 1 aliphatic heterocycles. The van der Waals surface area contributed by atoms with Crippen LogP contribution in [0.15, 0.2) is 29.6 Å². The molecule has 2 heterocycles. The maximum atomic E-state index is 11.2. The molecule has 3 rings (SSSR count). The number of nitrogens with two attached hydrogens (primary N) is 1. The first-order valence-corrected chi connectivity index (χ1v) is 10.2. The first kappa shape index (κ1) is 20.5. The maximum absolute atomic E-state index is 11.2. The lowest BCUT2D eigenvalue weighted by Crippen LogP contribution is -2.47. The molecule has 0 radical (unpaired) electrons. The summed E-state index contributed by atoms with van der Waals surface area (Å²) in [5, 5.41) is 35.7. The van der Waals surface area contributed by atoms with Gasteiger partial charge in [-0.15, -0.1) is 11.3 Å². The fourth-order valence-corrected chi connectivity index (χ4v) is 4.38. The molecule has 2 aromatic rings. The van der Waals surface area contributed by atoms with E-state index in [0.717, 1.165) is 30.8 Å². The van der Waals surface area contributed by atoms with Crippen molar-refractivity contribution in [3.63, 3.8) is 0 Å². The third-order valence-corrected chi connectivity index (χ3v) is 6.07. The lowest BCUT2D eigenvalue weighted by molar-refractivity contribution is -0.383. The highest BCUT2D eigenvalue weighted by atomic mass is 32.1. The number of hydrogen-bond acceptors (Lipinski definition) is 8. The first-order chi connectivity index (χ1) is 13.5. The number of nitrogens with one attached hydrogen (secondary N) is 1. The summed E-state index contributed by atoms with van der Waals surface area (Å²) in [4.78, 5) is 14.1. The number of aliphatic hydroxyl groups excluding tert-OH is 2. The Bertz CT molecular complexity index is 813. The van der Waals surface area contributed by atoms with E-state index in [1.54, 1.807) is 23.5 Å². The molecular weight excluding hydrogens is 380 g/mol. The zero-order chi connectivity index (χ0) is 20.1.